The minimum Gasteiger partial charge on any atom is -0.460 e. The summed E-state index contributed by atoms with van der Waals surface area (Å²) in [5.74, 6) is 0.154. The van der Waals surface area contributed by atoms with E-state index in [1.165, 1.54) is 0 Å². The van der Waals surface area contributed by atoms with Crippen molar-refractivity contribution in [2.45, 2.75) is 78.0 Å². The molecule has 3 aromatic rings. The van der Waals surface area contributed by atoms with Crippen molar-refractivity contribution in [1.29, 1.82) is 0 Å². The van der Waals surface area contributed by atoms with Crippen molar-refractivity contribution in [2.24, 2.45) is 0 Å². The van der Waals surface area contributed by atoms with E-state index in [-0.39, 0.29) is 17.9 Å². The highest BCUT2D eigenvalue weighted by Crippen LogP contribution is 2.34. The summed E-state index contributed by atoms with van der Waals surface area (Å²) in [6, 6.07) is 14.4. The molecule has 1 aromatic heterocycles. The summed E-state index contributed by atoms with van der Waals surface area (Å²) in [5, 5.41) is 0.437. The number of rotatable bonds is 5. The molecule has 0 radical (unpaired) electrons. The Morgan fingerprint density at radius 2 is 1.67 bits per heavy atom. The Bertz CT molecular complexity index is 1450. The molecule has 2 heterocycles. The third-order valence-corrected chi connectivity index (χ3v) is 6.15. The molecule has 39 heavy (non-hydrogen) atoms. The molecule has 1 saturated heterocycles. The molecule has 1 fully saturated rings. The van der Waals surface area contributed by atoms with Crippen LogP contribution in [0.1, 0.15) is 78.2 Å². The highest BCUT2D eigenvalue weighted by molar-refractivity contribution is 5.88. The van der Waals surface area contributed by atoms with Crippen LogP contribution in [0, 0.1) is 0 Å². The molecule has 1 aliphatic heterocycles. The van der Waals surface area contributed by atoms with Gasteiger partial charge in [-0.15, -0.1) is 0 Å². The van der Waals surface area contributed by atoms with Crippen molar-refractivity contribution in [2.75, 3.05) is 6.54 Å². The molecular formula is C31H37N3O5. The lowest BCUT2D eigenvalue weighted by Gasteiger charge is -2.29. The zero-order valence-corrected chi connectivity index (χ0v) is 23.6. The van der Waals surface area contributed by atoms with Crippen LogP contribution in [0.15, 0.2) is 59.4 Å². The minimum absolute atomic E-state index is 0.0823. The smallest absolute Gasteiger partial charge is 0.410 e. The maximum absolute atomic E-state index is 14.2. The molecule has 1 atom stereocenters. The van der Waals surface area contributed by atoms with Gasteiger partial charge in [-0.1, -0.05) is 42.5 Å². The predicted octanol–water partition coefficient (Wildman–Crippen LogP) is 6.20. The first-order chi connectivity index (χ1) is 18.3. The van der Waals surface area contributed by atoms with Gasteiger partial charge >= 0.3 is 12.1 Å². The Kier molecular flexibility index (Phi) is 7.95. The first kappa shape index (κ1) is 28.1. The lowest BCUT2D eigenvalue weighted by Crippen LogP contribution is -2.38. The predicted molar refractivity (Wildman–Crippen MR) is 152 cm³/mol. The molecule has 1 aliphatic rings. The molecule has 0 aliphatic carbocycles. The van der Waals surface area contributed by atoms with Gasteiger partial charge in [-0.25, -0.2) is 9.78 Å². The van der Waals surface area contributed by atoms with Crippen LogP contribution in [-0.2, 0) is 14.3 Å². The Morgan fingerprint density at radius 1 is 0.974 bits per heavy atom. The molecule has 8 nitrogen and oxygen atoms in total. The van der Waals surface area contributed by atoms with E-state index < -0.39 is 23.3 Å². The number of carbonyl (C=O) groups is 2. The quantitative estimate of drug-likeness (QED) is 0.364. The number of hydrogen-bond donors (Lipinski definition) is 0. The van der Waals surface area contributed by atoms with Crippen LogP contribution >= 0.6 is 0 Å². The number of benzene rings is 2. The van der Waals surface area contributed by atoms with E-state index in [2.05, 4.69) is 0 Å². The van der Waals surface area contributed by atoms with Crippen molar-refractivity contribution in [1.82, 2.24) is 14.5 Å². The van der Waals surface area contributed by atoms with Gasteiger partial charge < -0.3 is 9.47 Å². The molecule has 0 unspecified atom stereocenters. The molecule has 4 rings (SSSR count). The molecule has 8 heteroatoms. The number of amides is 1. The van der Waals surface area contributed by atoms with Crippen LogP contribution in [0.2, 0.25) is 0 Å². The fraction of sp³-hybridized carbons (Fsp3) is 0.419. The topological polar surface area (TPSA) is 90.7 Å². The first-order valence-electron chi connectivity index (χ1n) is 13.3. The van der Waals surface area contributed by atoms with Crippen molar-refractivity contribution < 1.29 is 19.1 Å². The maximum atomic E-state index is 14.2. The second-order valence-electron chi connectivity index (χ2n) is 11.7. The zero-order valence-electron chi connectivity index (χ0n) is 23.6. The number of fused-ring (bicyclic) bond motifs is 1. The van der Waals surface area contributed by atoms with Gasteiger partial charge in [-0.2, -0.15) is 0 Å². The van der Waals surface area contributed by atoms with E-state index in [0.717, 1.165) is 6.42 Å². The van der Waals surface area contributed by atoms with Gasteiger partial charge in [0.05, 0.1) is 29.1 Å². The summed E-state index contributed by atoms with van der Waals surface area (Å²) in [6.45, 7) is 11.5. The molecule has 0 saturated carbocycles. The number of carbonyl (C=O) groups excluding carboxylic acids is 2. The second kappa shape index (κ2) is 11.0. The van der Waals surface area contributed by atoms with Gasteiger partial charge in [0.15, 0.2) is 0 Å². The zero-order chi connectivity index (χ0) is 28.4. The number of para-hydroxylation sites is 1. The highest BCUT2D eigenvalue weighted by atomic mass is 16.6. The number of aromatic nitrogens is 2. The van der Waals surface area contributed by atoms with Gasteiger partial charge in [-0.3, -0.25) is 19.1 Å². The second-order valence-corrected chi connectivity index (χ2v) is 11.7. The molecule has 0 spiro atoms. The van der Waals surface area contributed by atoms with E-state index >= 15 is 0 Å². The number of hydrogen-bond acceptors (Lipinski definition) is 6. The van der Waals surface area contributed by atoms with Crippen molar-refractivity contribution >= 4 is 29.0 Å². The van der Waals surface area contributed by atoms with Crippen LogP contribution < -0.4 is 5.56 Å². The lowest BCUT2D eigenvalue weighted by molar-refractivity contribution is -0.153. The van der Waals surface area contributed by atoms with E-state index in [9.17, 15) is 14.4 Å². The fourth-order valence-corrected chi connectivity index (χ4v) is 4.70. The first-order valence-corrected chi connectivity index (χ1v) is 13.3. The monoisotopic (exact) mass is 531 g/mol. The summed E-state index contributed by atoms with van der Waals surface area (Å²) in [6.07, 6.45) is 4.56. The van der Waals surface area contributed by atoms with Crippen LogP contribution in [0.5, 0.6) is 0 Å². The largest absolute Gasteiger partial charge is 0.460 e. The normalized spacial score (nSPS) is 16.2. The SMILES string of the molecule is CC(C)(C)OC(=O)C/C=C/c1cccc2nc([C@@H]3CCCN3C(=O)OC(C)(C)C)n(-c3ccccc3)c(=O)c12. The van der Waals surface area contributed by atoms with Gasteiger partial charge in [-0.05, 0) is 78.1 Å². The van der Waals surface area contributed by atoms with Crippen molar-refractivity contribution in [3.63, 3.8) is 0 Å². The van der Waals surface area contributed by atoms with Crippen LogP contribution in [-0.4, -0.2) is 44.3 Å². The lowest BCUT2D eigenvalue weighted by atomic mass is 10.1. The average Bonchev–Trinajstić information content (AvgIpc) is 3.32. The molecule has 0 bridgehead atoms. The number of esters is 1. The van der Waals surface area contributed by atoms with E-state index in [0.29, 0.717) is 40.9 Å². The summed E-state index contributed by atoms with van der Waals surface area (Å²) in [4.78, 5) is 46.1. The Morgan fingerprint density at radius 3 is 2.33 bits per heavy atom. The summed E-state index contributed by atoms with van der Waals surface area (Å²) >= 11 is 0. The Balaban J connectivity index is 1.81. The van der Waals surface area contributed by atoms with E-state index in [1.54, 1.807) is 27.7 Å². The van der Waals surface area contributed by atoms with Gasteiger partial charge in [0.2, 0.25) is 0 Å². The van der Waals surface area contributed by atoms with Gasteiger partial charge in [0, 0.05) is 6.54 Å². The van der Waals surface area contributed by atoms with Crippen LogP contribution in [0.4, 0.5) is 4.79 Å². The van der Waals surface area contributed by atoms with E-state index in [4.69, 9.17) is 14.5 Å². The third kappa shape index (κ3) is 6.74. The number of nitrogens with zero attached hydrogens (tertiary/aromatic N) is 3. The number of ether oxygens (including phenoxy) is 2. The molecule has 206 valence electrons. The summed E-state index contributed by atoms with van der Waals surface area (Å²) in [5.41, 5.74) is 0.394. The number of likely N-dealkylation sites (tertiary alicyclic amines) is 1. The van der Waals surface area contributed by atoms with Crippen molar-refractivity contribution in [3.05, 3.63) is 76.3 Å². The third-order valence-electron chi connectivity index (χ3n) is 6.15. The maximum Gasteiger partial charge on any atom is 0.410 e. The summed E-state index contributed by atoms with van der Waals surface area (Å²) < 4.78 is 12.7. The molecular weight excluding hydrogens is 494 g/mol. The van der Waals surface area contributed by atoms with Gasteiger partial charge in [0.25, 0.3) is 5.56 Å². The standard InChI is InChI=1S/C31H37N3O5/c1-30(2,3)38-25(35)19-11-14-21-13-10-17-23-26(21)28(36)34(22-15-8-7-9-16-22)27(32-23)24-18-12-20-33(24)29(37)39-31(4,5)6/h7-11,13-17,24H,12,18-20H2,1-6H3/b14-11+/t24-/m0/s1. The molecule has 2 aromatic carbocycles. The van der Waals surface area contributed by atoms with Crippen LogP contribution in [0.25, 0.3) is 22.7 Å². The molecule has 1 amide bonds. The van der Waals surface area contributed by atoms with E-state index in [1.807, 2.05) is 84.0 Å². The fourth-order valence-electron chi connectivity index (χ4n) is 4.70. The average molecular weight is 532 g/mol. The van der Waals surface area contributed by atoms with Crippen LogP contribution in [0.3, 0.4) is 0 Å². The van der Waals surface area contributed by atoms with Gasteiger partial charge in [0.1, 0.15) is 17.0 Å². The summed E-state index contributed by atoms with van der Waals surface area (Å²) in [7, 11) is 0. The Labute approximate surface area is 229 Å². The minimum atomic E-state index is -0.638. The van der Waals surface area contributed by atoms with Crippen molar-refractivity contribution in [3.8, 4) is 5.69 Å². The highest BCUT2D eigenvalue weighted by Gasteiger charge is 2.36. The Hall–Kier alpha value is -3.94. The molecule has 0 N–H and O–H groups in total.